The molecule has 1 amide bonds. The Bertz CT molecular complexity index is 1260. The highest BCUT2D eigenvalue weighted by Gasteiger charge is 2.47. The van der Waals surface area contributed by atoms with Crippen LogP contribution in [0, 0.1) is 5.82 Å². The summed E-state index contributed by atoms with van der Waals surface area (Å²) in [5.41, 5.74) is 2.92. The molecule has 3 aromatic carbocycles. The van der Waals surface area contributed by atoms with Crippen LogP contribution < -0.4 is 14.4 Å². The lowest BCUT2D eigenvalue weighted by molar-refractivity contribution is -0.00100. The number of carbonyl (C=O) groups is 1. The van der Waals surface area contributed by atoms with E-state index >= 15 is 0 Å². The highest BCUT2D eigenvalue weighted by Crippen LogP contribution is 2.42. The maximum absolute atomic E-state index is 13.6. The first-order chi connectivity index (χ1) is 18.4. The van der Waals surface area contributed by atoms with E-state index in [0.717, 1.165) is 42.6 Å². The molecule has 200 valence electrons. The van der Waals surface area contributed by atoms with Gasteiger partial charge in [-0.25, -0.2) is 9.18 Å². The third-order valence-electron chi connectivity index (χ3n) is 7.15. The molecule has 2 aliphatic rings. The van der Waals surface area contributed by atoms with Crippen LogP contribution in [0.15, 0.2) is 60.7 Å². The van der Waals surface area contributed by atoms with E-state index in [0.29, 0.717) is 48.5 Å². The summed E-state index contributed by atoms with van der Waals surface area (Å²) in [6.07, 6.45) is 1.14. The van der Waals surface area contributed by atoms with Gasteiger partial charge in [0.2, 0.25) is 0 Å². The van der Waals surface area contributed by atoms with Crippen molar-refractivity contribution in [2.75, 3.05) is 37.7 Å². The zero-order valence-corrected chi connectivity index (χ0v) is 22.5. The third-order valence-corrected chi connectivity index (χ3v) is 7.47. The lowest BCUT2D eigenvalue weighted by Gasteiger charge is -2.37. The van der Waals surface area contributed by atoms with Crippen molar-refractivity contribution in [3.05, 3.63) is 77.1 Å². The third kappa shape index (κ3) is 5.45. The molecular formula is C30H32ClFN2O4. The van der Waals surface area contributed by atoms with Crippen LogP contribution in [0.25, 0.3) is 11.1 Å². The standard InChI is InChI=1S/C30H32ClFN2O4/c1-3-36-26-17-21(18-27(37-4-2)28(26)22-9-11-23(32)12-10-22)19-33-15-13-30(14-16-33)20-34(29(35)38-30)25-8-6-5-7-24(25)31/h5-12,17-18H,3-4,13-16,19-20H2,1-2H3. The average Bonchev–Trinajstić information content (AvgIpc) is 3.22. The molecule has 3 aromatic rings. The van der Waals surface area contributed by atoms with Gasteiger partial charge in [0, 0.05) is 32.5 Å². The van der Waals surface area contributed by atoms with E-state index in [9.17, 15) is 9.18 Å². The summed E-state index contributed by atoms with van der Waals surface area (Å²) in [5, 5.41) is 0.540. The molecule has 1 spiro atoms. The van der Waals surface area contributed by atoms with Gasteiger partial charge in [0.25, 0.3) is 0 Å². The summed E-state index contributed by atoms with van der Waals surface area (Å²) in [5.74, 6) is 1.15. The summed E-state index contributed by atoms with van der Waals surface area (Å²) in [7, 11) is 0. The molecule has 8 heteroatoms. The second-order valence-electron chi connectivity index (χ2n) is 9.70. The molecule has 5 rings (SSSR count). The topological polar surface area (TPSA) is 51.2 Å². The summed E-state index contributed by atoms with van der Waals surface area (Å²) in [6.45, 7) is 7.68. The van der Waals surface area contributed by atoms with Crippen LogP contribution in [0.3, 0.4) is 0 Å². The number of amides is 1. The quantitative estimate of drug-likeness (QED) is 0.311. The Morgan fingerprint density at radius 1 is 0.974 bits per heavy atom. The Hall–Kier alpha value is -3.29. The number of piperidine rings is 1. The Labute approximate surface area is 227 Å². The predicted molar refractivity (Wildman–Crippen MR) is 147 cm³/mol. The van der Waals surface area contributed by atoms with Crippen molar-refractivity contribution in [2.24, 2.45) is 0 Å². The number of hydrogen-bond donors (Lipinski definition) is 0. The Morgan fingerprint density at radius 2 is 1.61 bits per heavy atom. The van der Waals surface area contributed by atoms with Crippen LogP contribution in [0.5, 0.6) is 11.5 Å². The normalized spacial score (nSPS) is 17.1. The number of hydrogen-bond acceptors (Lipinski definition) is 5. The Morgan fingerprint density at radius 3 is 2.21 bits per heavy atom. The van der Waals surface area contributed by atoms with Crippen LogP contribution in [0.1, 0.15) is 32.3 Å². The van der Waals surface area contributed by atoms with Gasteiger partial charge in [-0.15, -0.1) is 0 Å². The molecule has 2 saturated heterocycles. The fourth-order valence-electron chi connectivity index (χ4n) is 5.29. The average molecular weight is 539 g/mol. The monoisotopic (exact) mass is 538 g/mol. The fraction of sp³-hybridized carbons (Fsp3) is 0.367. The molecule has 0 atom stereocenters. The van der Waals surface area contributed by atoms with Crippen LogP contribution in [-0.4, -0.2) is 49.4 Å². The van der Waals surface area contributed by atoms with Gasteiger partial charge >= 0.3 is 6.09 Å². The van der Waals surface area contributed by atoms with Crippen molar-refractivity contribution in [3.8, 4) is 22.6 Å². The molecule has 0 saturated carbocycles. The number of likely N-dealkylation sites (tertiary alicyclic amines) is 1. The van der Waals surface area contributed by atoms with E-state index < -0.39 is 5.60 Å². The molecule has 6 nitrogen and oxygen atoms in total. The molecule has 38 heavy (non-hydrogen) atoms. The Kier molecular flexibility index (Phi) is 7.77. The van der Waals surface area contributed by atoms with Gasteiger partial charge in [0.15, 0.2) is 0 Å². The molecular weight excluding hydrogens is 507 g/mol. The maximum Gasteiger partial charge on any atom is 0.415 e. The van der Waals surface area contributed by atoms with Crippen molar-refractivity contribution >= 4 is 23.4 Å². The minimum atomic E-state index is -0.508. The van der Waals surface area contributed by atoms with Gasteiger partial charge in [-0.3, -0.25) is 9.80 Å². The SMILES string of the molecule is CCOc1cc(CN2CCC3(CC2)CN(c2ccccc2Cl)C(=O)O3)cc(OCC)c1-c1ccc(F)cc1. The number of benzene rings is 3. The zero-order chi connectivity index (χ0) is 26.7. The smallest absolute Gasteiger partial charge is 0.415 e. The van der Waals surface area contributed by atoms with Crippen LogP contribution in [0.2, 0.25) is 5.02 Å². The van der Waals surface area contributed by atoms with E-state index in [2.05, 4.69) is 4.90 Å². The first-order valence-electron chi connectivity index (χ1n) is 13.1. The number of rotatable bonds is 8. The maximum atomic E-state index is 13.6. The minimum Gasteiger partial charge on any atom is -0.493 e. The summed E-state index contributed by atoms with van der Waals surface area (Å²) in [6, 6.07) is 17.8. The van der Waals surface area contributed by atoms with Crippen LogP contribution >= 0.6 is 11.6 Å². The summed E-state index contributed by atoms with van der Waals surface area (Å²) < 4.78 is 31.5. The van der Waals surface area contributed by atoms with Gasteiger partial charge in [-0.1, -0.05) is 35.9 Å². The summed E-state index contributed by atoms with van der Waals surface area (Å²) in [4.78, 5) is 16.7. The molecule has 0 unspecified atom stereocenters. The van der Waals surface area contributed by atoms with Gasteiger partial charge in [-0.2, -0.15) is 0 Å². The van der Waals surface area contributed by atoms with Crippen molar-refractivity contribution in [1.82, 2.24) is 4.90 Å². The number of para-hydroxylation sites is 1. The van der Waals surface area contributed by atoms with Gasteiger partial charge in [-0.05, 0) is 61.4 Å². The molecule has 0 aliphatic carbocycles. The van der Waals surface area contributed by atoms with Gasteiger partial charge in [0.1, 0.15) is 22.9 Å². The zero-order valence-electron chi connectivity index (χ0n) is 21.7. The van der Waals surface area contributed by atoms with Crippen molar-refractivity contribution < 1.29 is 23.4 Å². The predicted octanol–water partition coefficient (Wildman–Crippen LogP) is 6.93. The second kappa shape index (κ2) is 11.2. The largest absolute Gasteiger partial charge is 0.493 e. The number of carbonyl (C=O) groups excluding carboxylic acids is 1. The molecule has 2 heterocycles. The van der Waals surface area contributed by atoms with Gasteiger partial charge < -0.3 is 14.2 Å². The minimum absolute atomic E-state index is 0.285. The van der Waals surface area contributed by atoms with E-state index in [1.54, 1.807) is 23.1 Å². The first-order valence-corrected chi connectivity index (χ1v) is 13.4. The summed E-state index contributed by atoms with van der Waals surface area (Å²) >= 11 is 6.34. The van der Waals surface area contributed by atoms with E-state index in [1.807, 2.05) is 44.2 Å². The molecule has 0 radical (unpaired) electrons. The van der Waals surface area contributed by atoms with Crippen molar-refractivity contribution in [3.63, 3.8) is 0 Å². The number of ether oxygens (including phenoxy) is 3. The van der Waals surface area contributed by atoms with E-state index in [-0.39, 0.29) is 11.9 Å². The number of halogens is 2. The number of anilines is 1. The molecule has 0 aromatic heterocycles. The number of nitrogens with zero attached hydrogens (tertiary/aromatic N) is 2. The first kappa shape index (κ1) is 26.3. The Balaban J connectivity index is 1.32. The van der Waals surface area contributed by atoms with Crippen molar-refractivity contribution in [2.45, 2.75) is 38.8 Å². The lowest BCUT2D eigenvalue weighted by Crippen LogP contribution is -2.46. The molecule has 2 aliphatic heterocycles. The molecule has 2 fully saturated rings. The highest BCUT2D eigenvalue weighted by molar-refractivity contribution is 6.33. The van der Waals surface area contributed by atoms with Gasteiger partial charge in [0.05, 0.1) is 36.0 Å². The van der Waals surface area contributed by atoms with E-state index in [4.69, 9.17) is 25.8 Å². The second-order valence-corrected chi connectivity index (χ2v) is 10.1. The lowest BCUT2D eigenvalue weighted by atomic mass is 9.91. The molecule has 0 N–H and O–H groups in total. The van der Waals surface area contributed by atoms with Crippen LogP contribution in [0.4, 0.5) is 14.9 Å². The highest BCUT2D eigenvalue weighted by atomic mass is 35.5. The fourth-order valence-corrected chi connectivity index (χ4v) is 5.53. The molecule has 0 bridgehead atoms. The van der Waals surface area contributed by atoms with Crippen LogP contribution in [-0.2, 0) is 11.3 Å². The van der Waals surface area contributed by atoms with Crippen molar-refractivity contribution in [1.29, 1.82) is 0 Å². The van der Waals surface area contributed by atoms with E-state index in [1.165, 1.54) is 12.1 Å².